The van der Waals surface area contributed by atoms with Crippen molar-refractivity contribution >= 4 is 12.0 Å². The van der Waals surface area contributed by atoms with E-state index in [4.69, 9.17) is 0 Å². The Kier molecular flexibility index (Phi) is 4.11. The summed E-state index contributed by atoms with van der Waals surface area (Å²) in [5.74, 6) is 0.268. The first kappa shape index (κ1) is 14.3. The molecule has 1 heterocycles. The van der Waals surface area contributed by atoms with Gasteiger partial charge in [-0.3, -0.25) is 9.69 Å². The molecule has 3 nitrogen and oxygen atoms in total. The van der Waals surface area contributed by atoms with Crippen molar-refractivity contribution in [3.05, 3.63) is 41.0 Å². The van der Waals surface area contributed by atoms with Gasteiger partial charge in [-0.05, 0) is 37.0 Å². The molecule has 1 aliphatic heterocycles. The van der Waals surface area contributed by atoms with E-state index in [0.717, 1.165) is 38.2 Å². The number of benzene rings is 1. The molecule has 0 N–H and O–H groups in total. The summed E-state index contributed by atoms with van der Waals surface area (Å²) in [5.41, 5.74) is 3.80. The Hall–Kier alpha value is -1.61. The van der Waals surface area contributed by atoms with Crippen LogP contribution < -0.4 is 0 Å². The summed E-state index contributed by atoms with van der Waals surface area (Å²) in [5, 5.41) is 0. The van der Waals surface area contributed by atoms with Gasteiger partial charge in [0.2, 0.25) is 5.91 Å². The summed E-state index contributed by atoms with van der Waals surface area (Å²) >= 11 is 0. The molecule has 0 aromatic heterocycles. The Labute approximate surface area is 127 Å². The van der Waals surface area contributed by atoms with E-state index in [1.807, 2.05) is 4.90 Å². The van der Waals surface area contributed by atoms with E-state index in [1.165, 1.54) is 11.1 Å². The smallest absolute Gasteiger partial charge is 0.227 e. The highest BCUT2D eigenvalue weighted by atomic mass is 16.2. The molecule has 0 atom stereocenters. The molecule has 1 saturated heterocycles. The van der Waals surface area contributed by atoms with Gasteiger partial charge in [0.15, 0.2) is 0 Å². The van der Waals surface area contributed by atoms with Crippen LogP contribution in [0.5, 0.6) is 0 Å². The second-order valence-electron chi connectivity index (χ2n) is 6.33. The quantitative estimate of drug-likeness (QED) is 0.850. The maximum absolute atomic E-state index is 12.4. The zero-order valence-electron chi connectivity index (χ0n) is 13.0. The van der Waals surface area contributed by atoms with Crippen molar-refractivity contribution in [2.24, 2.45) is 0 Å². The van der Waals surface area contributed by atoms with Crippen molar-refractivity contribution in [3.8, 4) is 0 Å². The molecule has 2 aliphatic rings. The van der Waals surface area contributed by atoms with Crippen LogP contribution in [-0.2, 0) is 17.6 Å². The average Bonchev–Trinajstić information content (AvgIpc) is 2.95. The van der Waals surface area contributed by atoms with Crippen LogP contribution in [-0.4, -0.2) is 47.9 Å². The van der Waals surface area contributed by atoms with E-state index >= 15 is 0 Å². The van der Waals surface area contributed by atoms with Crippen LogP contribution in [0, 0.1) is 0 Å². The largest absolute Gasteiger partial charge is 0.340 e. The summed E-state index contributed by atoms with van der Waals surface area (Å²) in [6, 6.07) is 7.00. The Morgan fingerprint density at radius 3 is 2.67 bits per heavy atom. The lowest BCUT2D eigenvalue weighted by molar-refractivity contribution is -0.132. The topological polar surface area (TPSA) is 23.6 Å². The molecule has 21 heavy (non-hydrogen) atoms. The van der Waals surface area contributed by atoms with Crippen LogP contribution in [0.1, 0.15) is 30.5 Å². The highest BCUT2D eigenvalue weighted by Crippen LogP contribution is 2.21. The Balaban J connectivity index is 1.57. The fourth-order valence-electron chi connectivity index (χ4n) is 3.20. The number of rotatable bonds is 3. The van der Waals surface area contributed by atoms with Crippen molar-refractivity contribution in [1.29, 1.82) is 0 Å². The van der Waals surface area contributed by atoms with Gasteiger partial charge in [0.25, 0.3) is 0 Å². The van der Waals surface area contributed by atoms with E-state index in [1.54, 1.807) is 0 Å². The number of carbonyl (C=O) groups is 1. The zero-order valence-corrected chi connectivity index (χ0v) is 13.0. The maximum Gasteiger partial charge on any atom is 0.227 e. The summed E-state index contributed by atoms with van der Waals surface area (Å²) in [6.45, 7) is 8.16. The van der Waals surface area contributed by atoms with Crippen molar-refractivity contribution in [2.45, 2.75) is 32.7 Å². The first-order valence-corrected chi connectivity index (χ1v) is 7.93. The minimum absolute atomic E-state index is 0.268. The molecule has 0 spiro atoms. The maximum atomic E-state index is 12.4. The molecule has 1 aromatic carbocycles. The van der Waals surface area contributed by atoms with Crippen LogP contribution in [0.3, 0.4) is 0 Å². The van der Waals surface area contributed by atoms with Gasteiger partial charge in [-0.25, -0.2) is 0 Å². The van der Waals surface area contributed by atoms with Crippen LogP contribution in [0.2, 0.25) is 0 Å². The fraction of sp³-hybridized carbons (Fsp3) is 0.500. The minimum atomic E-state index is 0.268. The number of piperazine rings is 1. The second kappa shape index (κ2) is 6.02. The van der Waals surface area contributed by atoms with E-state index in [2.05, 4.69) is 49.1 Å². The minimum Gasteiger partial charge on any atom is -0.340 e. The molecule has 0 bridgehead atoms. The molecule has 1 fully saturated rings. The Bertz CT molecular complexity index is 554. The van der Waals surface area contributed by atoms with Gasteiger partial charge < -0.3 is 4.90 Å². The van der Waals surface area contributed by atoms with Crippen LogP contribution in [0.25, 0.3) is 6.08 Å². The van der Waals surface area contributed by atoms with E-state index in [0.29, 0.717) is 12.5 Å². The monoisotopic (exact) mass is 284 g/mol. The predicted octanol–water partition coefficient (Wildman–Crippen LogP) is 2.35. The molecule has 1 amide bonds. The molecule has 3 heteroatoms. The molecule has 112 valence electrons. The van der Waals surface area contributed by atoms with Gasteiger partial charge in [-0.15, -0.1) is 0 Å². The number of nitrogens with zero attached hydrogens (tertiary/aromatic N) is 2. The van der Waals surface area contributed by atoms with Crippen LogP contribution >= 0.6 is 0 Å². The van der Waals surface area contributed by atoms with Crippen LogP contribution in [0.4, 0.5) is 0 Å². The summed E-state index contributed by atoms with van der Waals surface area (Å²) in [6.07, 6.45) is 5.88. The molecule has 0 radical (unpaired) electrons. The highest BCUT2D eigenvalue weighted by molar-refractivity contribution is 5.79. The zero-order chi connectivity index (χ0) is 14.8. The molecule has 0 unspecified atom stereocenters. The number of hydrogen-bond donors (Lipinski definition) is 0. The Morgan fingerprint density at radius 2 is 1.95 bits per heavy atom. The standard InChI is InChI=1S/C18H24N2O/c1-14(2)19-8-10-20(11-9-19)18(21)13-15-6-7-16-4-3-5-17(16)12-15/h3-4,6-7,12,14H,5,8-11,13H2,1-2H3. The van der Waals surface area contributed by atoms with Crippen molar-refractivity contribution < 1.29 is 4.79 Å². The number of allylic oxidation sites excluding steroid dienone is 1. The van der Waals surface area contributed by atoms with Gasteiger partial charge >= 0.3 is 0 Å². The Morgan fingerprint density at radius 1 is 1.19 bits per heavy atom. The molecule has 1 aromatic rings. The van der Waals surface area contributed by atoms with Crippen molar-refractivity contribution in [1.82, 2.24) is 9.80 Å². The summed E-state index contributed by atoms with van der Waals surface area (Å²) in [4.78, 5) is 16.9. The predicted molar refractivity (Wildman–Crippen MR) is 86.2 cm³/mol. The number of amides is 1. The lowest BCUT2D eigenvalue weighted by Gasteiger charge is -2.37. The van der Waals surface area contributed by atoms with Gasteiger partial charge in [0.1, 0.15) is 0 Å². The van der Waals surface area contributed by atoms with Gasteiger partial charge in [0.05, 0.1) is 6.42 Å². The SMILES string of the molecule is CC(C)N1CCN(C(=O)Cc2ccc3c(c2)CC=C3)CC1. The lowest BCUT2D eigenvalue weighted by atomic mass is 10.0. The van der Waals surface area contributed by atoms with Gasteiger partial charge in [-0.2, -0.15) is 0 Å². The fourth-order valence-corrected chi connectivity index (χ4v) is 3.20. The van der Waals surface area contributed by atoms with Gasteiger partial charge in [0, 0.05) is 32.2 Å². The van der Waals surface area contributed by atoms with Crippen molar-refractivity contribution in [2.75, 3.05) is 26.2 Å². The van der Waals surface area contributed by atoms with Crippen molar-refractivity contribution in [3.63, 3.8) is 0 Å². The van der Waals surface area contributed by atoms with E-state index < -0.39 is 0 Å². The van der Waals surface area contributed by atoms with E-state index in [9.17, 15) is 4.79 Å². The normalized spacial score (nSPS) is 18.3. The third-order valence-corrected chi connectivity index (χ3v) is 4.60. The van der Waals surface area contributed by atoms with Gasteiger partial charge in [-0.1, -0.05) is 30.4 Å². The summed E-state index contributed by atoms with van der Waals surface area (Å²) in [7, 11) is 0. The van der Waals surface area contributed by atoms with E-state index in [-0.39, 0.29) is 5.91 Å². The number of fused-ring (bicyclic) bond motifs is 1. The third kappa shape index (κ3) is 3.18. The third-order valence-electron chi connectivity index (χ3n) is 4.60. The highest BCUT2D eigenvalue weighted by Gasteiger charge is 2.22. The molecule has 3 rings (SSSR count). The average molecular weight is 284 g/mol. The first-order chi connectivity index (χ1) is 10.1. The van der Waals surface area contributed by atoms with Crippen LogP contribution in [0.15, 0.2) is 24.3 Å². The molecular weight excluding hydrogens is 260 g/mol. The number of hydrogen-bond acceptors (Lipinski definition) is 2. The molecular formula is C18H24N2O. The first-order valence-electron chi connectivity index (χ1n) is 7.93. The second-order valence-corrected chi connectivity index (χ2v) is 6.33. The molecule has 0 saturated carbocycles. The number of carbonyl (C=O) groups excluding carboxylic acids is 1. The molecule has 1 aliphatic carbocycles. The summed E-state index contributed by atoms with van der Waals surface area (Å²) < 4.78 is 0. The lowest BCUT2D eigenvalue weighted by Crippen LogP contribution is -2.51.